The van der Waals surface area contributed by atoms with Crippen LogP contribution in [0, 0.1) is 0 Å². The number of oxazole rings is 1. The average molecular weight is 441 g/mol. The van der Waals surface area contributed by atoms with E-state index in [1.165, 1.54) is 17.6 Å². The fourth-order valence-electron chi connectivity index (χ4n) is 3.16. The molecule has 2 aromatic heterocycles. The van der Waals surface area contributed by atoms with Gasteiger partial charge in [-0.2, -0.15) is 0 Å². The third kappa shape index (κ3) is 5.29. The molecule has 1 aromatic carbocycles. The molecule has 0 radical (unpaired) electrons. The van der Waals surface area contributed by atoms with Gasteiger partial charge in [-0.3, -0.25) is 4.79 Å². The molecule has 3 heterocycles. The summed E-state index contributed by atoms with van der Waals surface area (Å²) in [6.07, 6.45) is 1.88. The number of thiazole rings is 1. The quantitative estimate of drug-likeness (QED) is 0.651. The summed E-state index contributed by atoms with van der Waals surface area (Å²) in [7, 11) is 0. The lowest BCUT2D eigenvalue weighted by Gasteiger charge is -2.29. The first-order chi connectivity index (χ1) is 14.8. The molecule has 4 rings (SSSR count). The lowest BCUT2D eigenvalue weighted by atomic mass is 10.2. The number of fused-ring (bicyclic) bond motifs is 1. The van der Waals surface area contributed by atoms with Crippen LogP contribution in [0.1, 0.15) is 37.0 Å². The second-order valence-electron chi connectivity index (χ2n) is 8.28. The molecule has 31 heavy (non-hydrogen) atoms. The molecule has 1 aliphatic rings. The van der Waals surface area contributed by atoms with Gasteiger partial charge in [-0.05, 0) is 32.9 Å². The second-order valence-corrected chi connectivity index (χ2v) is 9.36. The third-order valence-corrected chi connectivity index (χ3v) is 5.54. The van der Waals surface area contributed by atoms with Crippen LogP contribution in [-0.4, -0.2) is 39.0 Å². The Morgan fingerprint density at radius 1 is 1.23 bits per heavy atom. The summed E-state index contributed by atoms with van der Waals surface area (Å²) in [5.74, 6) is 0.262. The maximum absolute atomic E-state index is 12.5. The topological polar surface area (TPSA) is 97.6 Å². The summed E-state index contributed by atoms with van der Waals surface area (Å²) >= 11 is 1.38. The number of rotatable bonds is 4. The molecule has 0 atom stereocenters. The number of carbonyl (C=O) groups is 2. The molecule has 0 unspecified atom stereocenters. The van der Waals surface area contributed by atoms with Crippen LogP contribution in [0.2, 0.25) is 0 Å². The molecule has 2 amide bonds. The molecule has 9 heteroatoms. The van der Waals surface area contributed by atoms with E-state index in [0.29, 0.717) is 36.2 Å². The zero-order valence-electron chi connectivity index (χ0n) is 17.7. The van der Waals surface area contributed by atoms with Crippen molar-refractivity contribution in [3.8, 4) is 11.5 Å². The van der Waals surface area contributed by atoms with Crippen molar-refractivity contribution in [2.45, 2.75) is 45.8 Å². The van der Waals surface area contributed by atoms with Crippen LogP contribution in [0.3, 0.4) is 0 Å². The van der Waals surface area contributed by atoms with Crippen molar-refractivity contribution < 1.29 is 18.7 Å². The number of aromatic nitrogens is 2. The number of carbonyl (C=O) groups excluding carboxylic acids is 2. The Hall–Kier alpha value is -3.20. The summed E-state index contributed by atoms with van der Waals surface area (Å²) in [6, 6.07) is 9.52. The van der Waals surface area contributed by atoms with E-state index in [0.717, 1.165) is 16.1 Å². The molecule has 162 valence electrons. The summed E-state index contributed by atoms with van der Waals surface area (Å²) < 4.78 is 10.9. The first kappa shape index (κ1) is 21.0. The maximum Gasteiger partial charge on any atom is 0.410 e. The zero-order valence-corrected chi connectivity index (χ0v) is 18.5. The van der Waals surface area contributed by atoms with Crippen molar-refractivity contribution in [2.24, 2.45) is 0 Å². The van der Waals surface area contributed by atoms with Gasteiger partial charge in [0.2, 0.25) is 11.8 Å². The fraction of sp³-hybridized carbons (Fsp3) is 0.364. The summed E-state index contributed by atoms with van der Waals surface area (Å²) in [4.78, 5) is 36.3. The van der Waals surface area contributed by atoms with Gasteiger partial charge in [0.15, 0.2) is 5.13 Å². The largest absolute Gasteiger partial charge is 0.444 e. The van der Waals surface area contributed by atoms with Gasteiger partial charge in [0.1, 0.15) is 11.9 Å². The number of amides is 2. The molecule has 0 aliphatic carbocycles. The molecule has 3 aromatic rings. The molecular weight excluding hydrogens is 416 g/mol. The third-order valence-electron chi connectivity index (χ3n) is 4.54. The second kappa shape index (κ2) is 8.50. The van der Waals surface area contributed by atoms with Gasteiger partial charge in [0.25, 0.3) is 0 Å². The number of nitrogens with one attached hydrogen (secondary N) is 1. The Morgan fingerprint density at radius 3 is 2.74 bits per heavy atom. The summed E-state index contributed by atoms with van der Waals surface area (Å²) in [5.41, 5.74) is 1.78. The summed E-state index contributed by atoms with van der Waals surface area (Å²) in [5, 5.41) is 3.35. The van der Waals surface area contributed by atoms with Crippen LogP contribution < -0.4 is 5.32 Å². The fourth-order valence-corrected chi connectivity index (χ4v) is 4.20. The molecule has 0 saturated carbocycles. The number of hydrogen-bond donors (Lipinski definition) is 1. The highest BCUT2D eigenvalue weighted by Gasteiger charge is 2.28. The van der Waals surface area contributed by atoms with Gasteiger partial charge in [-0.15, -0.1) is 0 Å². The van der Waals surface area contributed by atoms with E-state index in [2.05, 4.69) is 15.3 Å². The highest BCUT2D eigenvalue weighted by atomic mass is 32.1. The smallest absolute Gasteiger partial charge is 0.410 e. The predicted octanol–water partition coefficient (Wildman–Crippen LogP) is 4.27. The minimum absolute atomic E-state index is 0.0879. The molecule has 1 N–H and O–H groups in total. The van der Waals surface area contributed by atoms with Gasteiger partial charge in [-0.25, -0.2) is 14.8 Å². The van der Waals surface area contributed by atoms with Crippen molar-refractivity contribution in [2.75, 3.05) is 11.9 Å². The van der Waals surface area contributed by atoms with E-state index in [9.17, 15) is 9.59 Å². The van der Waals surface area contributed by atoms with Crippen LogP contribution in [0.4, 0.5) is 9.93 Å². The molecule has 1 aliphatic heterocycles. The highest BCUT2D eigenvalue weighted by molar-refractivity contribution is 7.15. The normalized spacial score (nSPS) is 13.6. The van der Waals surface area contributed by atoms with Gasteiger partial charge < -0.3 is 19.4 Å². The molecular formula is C22H24N4O4S. The predicted molar refractivity (Wildman–Crippen MR) is 117 cm³/mol. The number of anilines is 1. The van der Waals surface area contributed by atoms with E-state index < -0.39 is 5.60 Å². The number of benzene rings is 1. The van der Waals surface area contributed by atoms with E-state index >= 15 is 0 Å². The Balaban J connectivity index is 1.35. The zero-order chi connectivity index (χ0) is 22.0. The van der Waals surface area contributed by atoms with Crippen molar-refractivity contribution in [1.82, 2.24) is 14.9 Å². The first-order valence-corrected chi connectivity index (χ1v) is 10.8. The molecule has 0 fully saturated rings. The lowest BCUT2D eigenvalue weighted by molar-refractivity contribution is -0.115. The lowest BCUT2D eigenvalue weighted by Crippen LogP contribution is -2.39. The van der Waals surface area contributed by atoms with Gasteiger partial charge >= 0.3 is 6.09 Å². The Labute approximate surface area is 184 Å². The maximum atomic E-state index is 12.5. The standard InChI is InChI=1S/C22H24N4O4S/c1-22(2,3)30-21(28)26-10-9-16-17(12-26)31-20(24-16)25-18(27)11-15-13-29-19(23-15)14-7-5-4-6-8-14/h4-8,13H,9-12H2,1-3H3,(H,24,25,27). The van der Waals surface area contributed by atoms with Gasteiger partial charge in [0, 0.05) is 23.4 Å². The van der Waals surface area contributed by atoms with E-state index in [-0.39, 0.29) is 18.4 Å². The summed E-state index contributed by atoms with van der Waals surface area (Å²) in [6.45, 7) is 6.51. The number of ether oxygens (including phenoxy) is 1. The van der Waals surface area contributed by atoms with Gasteiger partial charge in [-0.1, -0.05) is 29.5 Å². The van der Waals surface area contributed by atoms with Crippen LogP contribution in [0.5, 0.6) is 0 Å². The number of nitrogens with zero attached hydrogens (tertiary/aromatic N) is 3. The first-order valence-electron chi connectivity index (χ1n) is 10.0. The van der Waals surface area contributed by atoms with Crippen molar-refractivity contribution in [3.05, 3.63) is 52.9 Å². The molecule has 8 nitrogen and oxygen atoms in total. The Kier molecular flexibility index (Phi) is 5.77. The van der Waals surface area contributed by atoms with Crippen LogP contribution >= 0.6 is 11.3 Å². The van der Waals surface area contributed by atoms with Crippen molar-refractivity contribution >= 4 is 28.5 Å². The van der Waals surface area contributed by atoms with E-state index in [1.807, 2.05) is 51.1 Å². The minimum atomic E-state index is -0.536. The van der Waals surface area contributed by atoms with E-state index in [1.54, 1.807) is 4.90 Å². The molecule has 0 saturated heterocycles. The van der Waals surface area contributed by atoms with Crippen molar-refractivity contribution in [1.29, 1.82) is 0 Å². The highest BCUT2D eigenvalue weighted by Crippen LogP contribution is 2.29. The minimum Gasteiger partial charge on any atom is -0.444 e. The van der Waals surface area contributed by atoms with Crippen LogP contribution in [-0.2, 0) is 28.9 Å². The van der Waals surface area contributed by atoms with Gasteiger partial charge in [0.05, 0.1) is 24.4 Å². The average Bonchev–Trinajstić information content (AvgIpc) is 3.33. The monoisotopic (exact) mass is 440 g/mol. The SMILES string of the molecule is CC(C)(C)OC(=O)N1CCc2nc(NC(=O)Cc3coc(-c4ccccc4)n3)sc2C1. The number of hydrogen-bond acceptors (Lipinski definition) is 7. The van der Waals surface area contributed by atoms with Crippen LogP contribution in [0.25, 0.3) is 11.5 Å². The molecule has 0 spiro atoms. The molecule has 0 bridgehead atoms. The Bertz CT molecular complexity index is 1080. The van der Waals surface area contributed by atoms with E-state index in [4.69, 9.17) is 9.15 Å². The van der Waals surface area contributed by atoms with Crippen molar-refractivity contribution in [3.63, 3.8) is 0 Å². The Morgan fingerprint density at radius 2 is 2.00 bits per heavy atom. The van der Waals surface area contributed by atoms with Crippen LogP contribution in [0.15, 0.2) is 41.0 Å².